The average Bonchev–Trinajstić information content (AvgIpc) is 2.19. The van der Waals surface area contributed by atoms with Crippen LogP contribution in [0.5, 0.6) is 0 Å². The minimum atomic E-state index is 0.553. The van der Waals surface area contributed by atoms with Crippen LogP contribution in [0.15, 0.2) is 0 Å². The van der Waals surface area contributed by atoms with E-state index in [1.807, 2.05) is 7.05 Å². The van der Waals surface area contributed by atoms with Crippen molar-refractivity contribution < 1.29 is 4.74 Å². The van der Waals surface area contributed by atoms with Gasteiger partial charge in [0.1, 0.15) is 0 Å². The Kier molecular flexibility index (Phi) is 5.35. The van der Waals surface area contributed by atoms with Crippen LogP contribution >= 0.6 is 0 Å². The molecule has 3 heteroatoms. The largest absolute Gasteiger partial charge is 0.379 e. The topological polar surface area (TPSA) is 33.3 Å². The molecule has 0 saturated carbocycles. The van der Waals surface area contributed by atoms with Crippen molar-refractivity contribution in [1.29, 1.82) is 0 Å². The molecule has 1 heterocycles. The Labute approximate surface area is 81.2 Å². The van der Waals surface area contributed by atoms with Gasteiger partial charge in [-0.15, -0.1) is 0 Å². The molecule has 78 valence electrons. The highest BCUT2D eigenvalue weighted by molar-refractivity contribution is 4.77. The average molecular weight is 186 g/mol. The van der Waals surface area contributed by atoms with Gasteiger partial charge in [-0.05, 0) is 19.9 Å². The molecular formula is C10H22N2O. The molecular weight excluding hydrogens is 164 g/mol. The molecule has 0 aromatic heterocycles. The number of hydrogen-bond acceptors (Lipinski definition) is 3. The summed E-state index contributed by atoms with van der Waals surface area (Å²) in [5.41, 5.74) is 0. The van der Waals surface area contributed by atoms with Crippen LogP contribution in [0.1, 0.15) is 26.2 Å². The third-order valence-electron chi connectivity index (χ3n) is 2.61. The summed E-state index contributed by atoms with van der Waals surface area (Å²) in [6.45, 7) is 4.98. The molecule has 13 heavy (non-hydrogen) atoms. The molecule has 2 unspecified atom stereocenters. The quantitative estimate of drug-likeness (QED) is 0.665. The van der Waals surface area contributed by atoms with Crippen LogP contribution in [0.25, 0.3) is 0 Å². The summed E-state index contributed by atoms with van der Waals surface area (Å²) in [5.74, 6) is 0. The van der Waals surface area contributed by atoms with Gasteiger partial charge in [0.25, 0.3) is 0 Å². The first-order valence-electron chi connectivity index (χ1n) is 5.35. The highest BCUT2D eigenvalue weighted by Gasteiger charge is 2.16. The lowest BCUT2D eigenvalue weighted by molar-refractivity contribution is 0.0705. The molecule has 1 aliphatic heterocycles. The van der Waals surface area contributed by atoms with E-state index >= 15 is 0 Å². The van der Waals surface area contributed by atoms with Gasteiger partial charge >= 0.3 is 0 Å². The minimum absolute atomic E-state index is 0.553. The van der Waals surface area contributed by atoms with E-state index in [0.29, 0.717) is 12.1 Å². The normalized spacial score (nSPS) is 25.8. The van der Waals surface area contributed by atoms with Gasteiger partial charge in [0, 0.05) is 18.6 Å². The number of ether oxygens (including phenoxy) is 1. The Balaban J connectivity index is 2.18. The molecule has 0 spiro atoms. The Morgan fingerprint density at radius 2 is 2.46 bits per heavy atom. The van der Waals surface area contributed by atoms with Crippen molar-refractivity contribution in [1.82, 2.24) is 10.6 Å². The zero-order chi connectivity index (χ0) is 9.52. The summed E-state index contributed by atoms with van der Waals surface area (Å²) in [4.78, 5) is 0. The Hall–Kier alpha value is -0.120. The maximum atomic E-state index is 5.42. The molecule has 1 rings (SSSR count). The fourth-order valence-corrected chi connectivity index (χ4v) is 1.84. The van der Waals surface area contributed by atoms with Crippen LogP contribution in [0.4, 0.5) is 0 Å². The number of morpholine rings is 1. The molecule has 0 aromatic carbocycles. The minimum Gasteiger partial charge on any atom is -0.379 e. The van der Waals surface area contributed by atoms with Crippen LogP contribution in [-0.2, 0) is 4.74 Å². The maximum Gasteiger partial charge on any atom is 0.0620 e. The summed E-state index contributed by atoms with van der Waals surface area (Å²) in [5, 5.41) is 6.83. The van der Waals surface area contributed by atoms with Crippen LogP contribution in [0, 0.1) is 0 Å². The van der Waals surface area contributed by atoms with Crippen molar-refractivity contribution in [3.05, 3.63) is 0 Å². The van der Waals surface area contributed by atoms with Crippen LogP contribution < -0.4 is 10.6 Å². The Morgan fingerprint density at radius 1 is 1.62 bits per heavy atom. The van der Waals surface area contributed by atoms with Gasteiger partial charge in [-0.2, -0.15) is 0 Å². The fourth-order valence-electron chi connectivity index (χ4n) is 1.84. The lowest BCUT2D eigenvalue weighted by atomic mass is 10.0. The molecule has 3 nitrogen and oxygen atoms in total. The van der Waals surface area contributed by atoms with E-state index < -0.39 is 0 Å². The van der Waals surface area contributed by atoms with E-state index in [1.165, 1.54) is 19.3 Å². The van der Waals surface area contributed by atoms with E-state index in [-0.39, 0.29) is 0 Å². The first-order chi connectivity index (χ1) is 6.36. The molecule has 2 N–H and O–H groups in total. The fraction of sp³-hybridized carbons (Fsp3) is 1.00. The standard InChI is InChI=1S/C10H22N2O/c1-3-4-9(11-2)7-10-8-13-6-5-12-10/h9-12H,3-8H2,1-2H3. The van der Waals surface area contributed by atoms with Crippen LogP contribution in [0.2, 0.25) is 0 Å². The number of nitrogens with one attached hydrogen (secondary N) is 2. The van der Waals surface area contributed by atoms with Crippen LogP contribution in [-0.4, -0.2) is 38.9 Å². The molecule has 0 bridgehead atoms. The number of rotatable bonds is 5. The second-order valence-electron chi connectivity index (χ2n) is 3.74. The molecule has 1 aliphatic rings. The maximum absolute atomic E-state index is 5.42. The zero-order valence-electron chi connectivity index (χ0n) is 8.81. The first-order valence-corrected chi connectivity index (χ1v) is 5.35. The summed E-state index contributed by atoms with van der Waals surface area (Å²) in [6, 6.07) is 1.20. The predicted molar refractivity (Wildman–Crippen MR) is 55.0 cm³/mol. The predicted octanol–water partition coefficient (Wildman–Crippen LogP) is 0.753. The summed E-state index contributed by atoms with van der Waals surface area (Å²) >= 11 is 0. The lowest BCUT2D eigenvalue weighted by Crippen LogP contribution is -2.45. The first kappa shape index (κ1) is 11.0. The van der Waals surface area contributed by atoms with Gasteiger partial charge in [0.2, 0.25) is 0 Å². The van der Waals surface area contributed by atoms with Crippen LogP contribution in [0.3, 0.4) is 0 Å². The number of hydrogen-bond donors (Lipinski definition) is 2. The molecule has 1 saturated heterocycles. The van der Waals surface area contributed by atoms with E-state index in [9.17, 15) is 0 Å². The van der Waals surface area contributed by atoms with Crippen molar-refractivity contribution in [3.63, 3.8) is 0 Å². The van der Waals surface area contributed by atoms with Crippen molar-refractivity contribution in [2.75, 3.05) is 26.8 Å². The van der Waals surface area contributed by atoms with Gasteiger partial charge in [-0.25, -0.2) is 0 Å². The van der Waals surface area contributed by atoms with Crippen molar-refractivity contribution in [2.45, 2.75) is 38.3 Å². The smallest absolute Gasteiger partial charge is 0.0620 e. The molecule has 0 aliphatic carbocycles. The lowest BCUT2D eigenvalue weighted by Gasteiger charge is -2.27. The highest BCUT2D eigenvalue weighted by Crippen LogP contribution is 2.07. The molecule has 0 aromatic rings. The monoisotopic (exact) mass is 186 g/mol. The van der Waals surface area contributed by atoms with Gasteiger partial charge in [0.05, 0.1) is 13.2 Å². The highest BCUT2D eigenvalue weighted by atomic mass is 16.5. The molecule has 0 amide bonds. The van der Waals surface area contributed by atoms with E-state index in [2.05, 4.69) is 17.6 Å². The second-order valence-corrected chi connectivity index (χ2v) is 3.74. The molecule has 1 fully saturated rings. The third-order valence-corrected chi connectivity index (χ3v) is 2.61. The van der Waals surface area contributed by atoms with Gasteiger partial charge in [0.15, 0.2) is 0 Å². The van der Waals surface area contributed by atoms with Gasteiger partial charge in [-0.1, -0.05) is 13.3 Å². The van der Waals surface area contributed by atoms with E-state index in [4.69, 9.17) is 4.74 Å². The summed E-state index contributed by atoms with van der Waals surface area (Å²) in [6.07, 6.45) is 3.69. The summed E-state index contributed by atoms with van der Waals surface area (Å²) < 4.78 is 5.42. The Bertz CT molecular complexity index is 121. The van der Waals surface area contributed by atoms with E-state index in [1.54, 1.807) is 0 Å². The van der Waals surface area contributed by atoms with E-state index in [0.717, 1.165) is 19.8 Å². The van der Waals surface area contributed by atoms with Gasteiger partial charge in [-0.3, -0.25) is 0 Å². The van der Waals surface area contributed by atoms with Crippen molar-refractivity contribution >= 4 is 0 Å². The second kappa shape index (κ2) is 6.35. The van der Waals surface area contributed by atoms with Gasteiger partial charge < -0.3 is 15.4 Å². The Morgan fingerprint density at radius 3 is 3.00 bits per heavy atom. The molecule has 2 atom stereocenters. The SMILES string of the molecule is CCCC(CC1COCCN1)NC. The zero-order valence-corrected chi connectivity index (χ0v) is 8.81. The molecule has 0 radical (unpaired) electrons. The van der Waals surface area contributed by atoms with Crippen molar-refractivity contribution in [2.24, 2.45) is 0 Å². The van der Waals surface area contributed by atoms with Crippen molar-refractivity contribution in [3.8, 4) is 0 Å². The summed E-state index contributed by atoms with van der Waals surface area (Å²) in [7, 11) is 2.05. The third kappa shape index (κ3) is 4.07.